The third kappa shape index (κ3) is 6.17. The van der Waals surface area contributed by atoms with Crippen LogP contribution in [0.5, 0.6) is 0 Å². The van der Waals surface area contributed by atoms with Crippen molar-refractivity contribution in [2.24, 2.45) is 5.92 Å². The Bertz CT molecular complexity index is 722. The zero-order valence-electron chi connectivity index (χ0n) is 18.2. The van der Waals surface area contributed by atoms with Gasteiger partial charge in [-0.3, -0.25) is 10.2 Å². The Morgan fingerprint density at radius 3 is 2.59 bits per heavy atom. The minimum Gasteiger partial charge on any atom is -0.444 e. The van der Waals surface area contributed by atoms with Crippen molar-refractivity contribution in [3.8, 4) is 0 Å². The molecule has 162 valence electrons. The molecular formula is C23H36N2O4. The number of ether oxygens (including phenoxy) is 1. The number of anilines is 1. The van der Waals surface area contributed by atoms with E-state index in [1.54, 1.807) is 6.92 Å². The van der Waals surface area contributed by atoms with Gasteiger partial charge >= 0.3 is 6.09 Å². The quantitative estimate of drug-likeness (QED) is 0.671. The highest BCUT2D eigenvalue weighted by atomic mass is 16.6. The number of benzene rings is 1. The van der Waals surface area contributed by atoms with Crippen molar-refractivity contribution in [3.05, 3.63) is 29.3 Å². The van der Waals surface area contributed by atoms with E-state index in [9.17, 15) is 15.0 Å². The molecule has 0 radical (unpaired) electrons. The van der Waals surface area contributed by atoms with Crippen LogP contribution in [0.25, 0.3) is 0 Å². The second kappa shape index (κ2) is 8.62. The fourth-order valence-corrected chi connectivity index (χ4v) is 4.09. The standard InChI is InChI=1S/C23H36N2O4/c1-22(2,3)29-21(27)24-19-10-9-17(20(12-19)16-7-8-16)13-25-11-5-6-18(14-25)23(4,28)15-26/h9-10,12,16,18,26,28H,5-8,11,13-15H2,1-4H3,(H,24,27)/t18-,23+/m0/s1. The van der Waals surface area contributed by atoms with Crippen molar-refractivity contribution in [1.29, 1.82) is 0 Å². The van der Waals surface area contributed by atoms with Gasteiger partial charge in [-0.25, -0.2) is 4.79 Å². The molecule has 0 unspecified atom stereocenters. The first-order valence-electron chi connectivity index (χ1n) is 10.8. The van der Waals surface area contributed by atoms with Crippen LogP contribution in [-0.4, -0.2) is 52.1 Å². The summed E-state index contributed by atoms with van der Waals surface area (Å²) in [5.74, 6) is 0.644. The maximum atomic E-state index is 12.1. The number of carbonyl (C=O) groups is 1. The van der Waals surface area contributed by atoms with E-state index in [-0.39, 0.29) is 12.5 Å². The van der Waals surface area contributed by atoms with Crippen molar-refractivity contribution < 1.29 is 19.7 Å². The average molecular weight is 405 g/mol. The topological polar surface area (TPSA) is 82.0 Å². The highest BCUT2D eigenvalue weighted by Crippen LogP contribution is 2.43. The third-order valence-corrected chi connectivity index (χ3v) is 5.91. The zero-order chi connectivity index (χ0) is 21.2. The fraction of sp³-hybridized carbons (Fsp3) is 0.696. The van der Waals surface area contributed by atoms with Gasteiger partial charge in [-0.2, -0.15) is 0 Å². The Morgan fingerprint density at radius 1 is 1.24 bits per heavy atom. The largest absolute Gasteiger partial charge is 0.444 e. The van der Waals surface area contributed by atoms with E-state index in [4.69, 9.17) is 4.74 Å². The average Bonchev–Trinajstić information content (AvgIpc) is 3.46. The van der Waals surface area contributed by atoms with Crippen LogP contribution in [0.15, 0.2) is 18.2 Å². The number of hydrogen-bond donors (Lipinski definition) is 3. The lowest BCUT2D eigenvalue weighted by Gasteiger charge is -2.39. The van der Waals surface area contributed by atoms with Gasteiger partial charge in [-0.05, 0) is 89.1 Å². The summed E-state index contributed by atoms with van der Waals surface area (Å²) in [7, 11) is 0. The number of nitrogens with zero attached hydrogens (tertiary/aromatic N) is 1. The summed E-state index contributed by atoms with van der Waals surface area (Å²) in [6.07, 6.45) is 3.91. The molecule has 6 heteroatoms. The number of carbonyl (C=O) groups excluding carboxylic acids is 1. The van der Waals surface area contributed by atoms with Gasteiger partial charge in [0.15, 0.2) is 0 Å². The first-order chi connectivity index (χ1) is 13.6. The van der Waals surface area contributed by atoms with Crippen LogP contribution in [-0.2, 0) is 11.3 Å². The Hall–Kier alpha value is -1.63. The van der Waals surface area contributed by atoms with Gasteiger partial charge < -0.3 is 14.9 Å². The highest BCUT2D eigenvalue weighted by Gasteiger charge is 2.35. The summed E-state index contributed by atoms with van der Waals surface area (Å²) < 4.78 is 5.36. The lowest BCUT2D eigenvalue weighted by molar-refractivity contribution is -0.0697. The highest BCUT2D eigenvalue weighted by molar-refractivity contribution is 5.85. The van der Waals surface area contributed by atoms with Gasteiger partial charge in [0.05, 0.1) is 12.2 Å². The first kappa shape index (κ1) is 22.1. The summed E-state index contributed by atoms with van der Waals surface area (Å²) in [6, 6.07) is 6.13. The molecule has 1 saturated carbocycles. The minimum absolute atomic E-state index is 0.0822. The van der Waals surface area contributed by atoms with Gasteiger partial charge in [0.2, 0.25) is 0 Å². The van der Waals surface area contributed by atoms with Gasteiger partial charge in [0.1, 0.15) is 5.60 Å². The lowest BCUT2D eigenvalue weighted by atomic mass is 9.83. The fourth-order valence-electron chi connectivity index (χ4n) is 4.09. The molecule has 2 fully saturated rings. The number of hydrogen-bond acceptors (Lipinski definition) is 5. The summed E-state index contributed by atoms with van der Waals surface area (Å²) in [5.41, 5.74) is 1.80. The molecule has 2 atom stereocenters. The molecule has 3 rings (SSSR count). The number of amides is 1. The van der Waals surface area contributed by atoms with Gasteiger partial charge in [0, 0.05) is 24.7 Å². The number of nitrogens with one attached hydrogen (secondary N) is 1. The molecule has 1 heterocycles. The van der Waals surface area contributed by atoms with Crippen LogP contribution in [0.2, 0.25) is 0 Å². The molecule has 0 spiro atoms. The first-order valence-corrected chi connectivity index (χ1v) is 10.8. The van der Waals surface area contributed by atoms with Gasteiger partial charge in [-0.15, -0.1) is 0 Å². The summed E-state index contributed by atoms with van der Waals surface area (Å²) >= 11 is 0. The SMILES string of the molecule is CC(C)(C)OC(=O)Nc1ccc(CN2CCC[C@H]([C@](C)(O)CO)C2)c(C2CC2)c1. The molecular weight excluding hydrogens is 368 g/mol. The molecule has 1 aromatic rings. The molecule has 6 nitrogen and oxygen atoms in total. The monoisotopic (exact) mass is 404 g/mol. The number of aliphatic hydroxyl groups is 2. The van der Waals surface area contributed by atoms with E-state index in [1.807, 2.05) is 26.8 Å². The van der Waals surface area contributed by atoms with Crippen molar-refractivity contribution in [3.63, 3.8) is 0 Å². The summed E-state index contributed by atoms with van der Waals surface area (Å²) in [5, 5.41) is 22.8. The Labute approximate surface area is 174 Å². The second-order valence-electron chi connectivity index (χ2n) is 9.90. The maximum Gasteiger partial charge on any atom is 0.412 e. The third-order valence-electron chi connectivity index (χ3n) is 5.91. The van der Waals surface area contributed by atoms with Crippen LogP contribution in [0.4, 0.5) is 10.5 Å². The molecule has 1 aliphatic carbocycles. The molecule has 1 aliphatic heterocycles. The number of aliphatic hydroxyl groups excluding tert-OH is 1. The molecule has 29 heavy (non-hydrogen) atoms. The minimum atomic E-state index is -1.03. The molecule has 0 bridgehead atoms. The zero-order valence-corrected chi connectivity index (χ0v) is 18.2. The van der Waals surface area contributed by atoms with Crippen LogP contribution in [0, 0.1) is 5.92 Å². The second-order valence-corrected chi connectivity index (χ2v) is 9.90. The van der Waals surface area contributed by atoms with Crippen LogP contribution in [0.1, 0.15) is 70.4 Å². The van der Waals surface area contributed by atoms with Crippen molar-refractivity contribution in [2.45, 2.75) is 77.0 Å². The van der Waals surface area contributed by atoms with Crippen LogP contribution >= 0.6 is 0 Å². The van der Waals surface area contributed by atoms with E-state index in [0.717, 1.165) is 38.2 Å². The van der Waals surface area contributed by atoms with E-state index in [2.05, 4.69) is 22.3 Å². The van der Waals surface area contributed by atoms with E-state index in [1.165, 1.54) is 24.0 Å². The molecule has 2 aliphatic rings. The normalized spacial score (nSPS) is 22.8. The maximum absolute atomic E-state index is 12.1. The van der Waals surface area contributed by atoms with Crippen molar-refractivity contribution in [2.75, 3.05) is 25.0 Å². The smallest absolute Gasteiger partial charge is 0.412 e. The van der Waals surface area contributed by atoms with E-state index < -0.39 is 17.3 Å². The Morgan fingerprint density at radius 2 is 1.97 bits per heavy atom. The Balaban J connectivity index is 1.69. The summed E-state index contributed by atoms with van der Waals surface area (Å²) in [6.45, 7) is 9.70. The van der Waals surface area contributed by atoms with E-state index >= 15 is 0 Å². The molecule has 1 saturated heterocycles. The molecule has 0 aromatic heterocycles. The van der Waals surface area contributed by atoms with Crippen LogP contribution in [0.3, 0.4) is 0 Å². The van der Waals surface area contributed by atoms with Gasteiger partial charge in [-0.1, -0.05) is 6.07 Å². The predicted octanol–water partition coefficient (Wildman–Crippen LogP) is 3.87. The van der Waals surface area contributed by atoms with Crippen molar-refractivity contribution >= 4 is 11.8 Å². The molecule has 1 amide bonds. The number of likely N-dealkylation sites (tertiary alicyclic amines) is 1. The predicted molar refractivity (Wildman–Crippen MR) is 114 cm³/mol. The van der Waals surface area contributed by atoms with Gasteiger partial charge in [0.25, 0.3) is 0 Å². The summed E-state index contributed by atoms with van der Waals surface area (Å²) in [4.78, 5) is 14.5. The van der Waals surface area contributed by atoms with E-state index in [0.29, 0.717) is 5.92 Å². The molecule has 1 aromatic carbocycles. The number of piperidine rings is 1. The number of rotatable bonds is 6. The van der Waals surface area contributed by atoms with Crippen molar-refractivity contribution in [1.82, 2.24) is 4.90 Å². The Kier molecular flexibility index (Phi) is 6.56. The molecule has 3 N–H and O–H groups in total. The lowest BCUT2D eigenvalue weighted by Crippen LogP contribution is -2.47. The van der Waals surface area contributed by atoms with Crippen LogP contribution < -0.4 is 5.32 Å².